The van der Waals surface area contributed by atoms with Crippen LogP contribution in [0.2, 0.25) is 5.02 Å². The van der Waals surface area contributed by atoms with Crippen LogP contribution in [0.15, 0.2) is 40.9 Å². The molecule has 0 fully saturated rings. The average molecular weight is 352 g/mol. The number of hydrogen-bond donors (Lipinski definition) is 2. The van der Waals surface area contributed by atoms with Crippen LogP contribution in [0.25, 0.3) is 22.4 Å². The Kier molecular flexibility index (Phi) is 3.23. The zero-order valence-electron chi connectivity index (χ0n) is 10.0. The molecule has 0 spiro atoms. The molecule has 0 aliphatic carbocycles. The monoisotopic (exact) mass is 350 g/mol. The molecular formula is C14H8BrClN2O2. The Morgan fingerprint density at radius 2 is 2.10 bits per heavy atom. The van der Waals surface area contributed by atoms with E-state index in [4.69, 9.17) is 16.7 Å². The highest BCUT2D eigenvalue weighted by Crippen LogP contribution is 2.33. The minimum Gasteiger partial charge on any atom is -0.478 e. The highest BCUT2D eigenvalue weighted by atomic mass is 79.9. The Labute approximate surface area is 127 Å². The van der Waals surface area contributed by atoms with E-state index in [1.165, 1.54) is 6.07 Å². The second-order valence-corrected chi connectivity index (χ2v) is 5.46. The summed E-state index contributed by atoms with van der Waals surface area (Å²) in [6.45, 7) is 0. The number of nitrogens with zero attached hydrogens (tertiary/aromatic N) is 1. The van der Waals surface area contributed by atoms with E-state index in [1.54, 1.807) is 12.1 Å². The van der Waals surface area contributed by atoms with Crippen molar-refractivity contribution < 1.29 is 9.90 Å². The molecule has 0 atom stereocenters. The second kappa shape index (κ2) is 4.92. The molecular weight excluding hydrogens is 344 g/mol. The summed E-state index contributed by atoms with van der Waals surface area (Å²) in [5.41, 5.74) is 2.33. The number of carboxylic acid groups (broad SMARTS) is 1. The molecule has 0 unspecified atom stereocenters. The number of H-pyrrole nitrogens is 1. The van der Waals surface area contributed by atoms with Gasteiger partial charge in [-0.25, -0.2) is 9.78 Å². The van der Waals surface area contributed by atoms with Gasteiger partial charge in [0.25, 0.3) is 0 Å². The number of hydrogen-bond acceptors (Lipinski definition) is 2. The topological polar surface area (TPSA) is 66.0 Å². The van der Waals surface area contributed by atoms with Crippen LogP contribution in [-0.4, -0.2) is 21.0 Å². The van der Waals surface area contributed by atoms with Crippen molar-refractivity contribution in [2.24, 2.45) is 0 Å². The largest absolute Gasteiger partial charge is 0.478 e. The van der Waals surface area contributed by atoms with Gasteiger partial charge in [-0.2, -0.15) is 0 Å². The number of carboxylic acids is 1. The van der Waals surface area contributed by atoms with Crippen LogP contribution in [-0.2, 0) is 0 Å². The number of aromatic amines is 1. The van der Waals surface area contributed by atoms with Crippen LogP contribution < -0.4 is 0 Å². The number of rotatable bonds is 2. The Balaban J connectivity index is 2.18. The third-order valence-electron chi connectivity index (χ3n) is 2.94. The Hall–Kier alpha value is -1.85. The summed E-state index contributed by atoms with van der Waals surface area (Å²) in [5.74, 6) is -0.364. The molecule has 1 heterocycles. The van der Waals surface area contributed by atoms with Crippen LogP contribution in [0.4, 0.5) is 0 Å². The van der Waals surface area contributed by atoms with Crippen LogP contribution in [0.5, 0.6) is 0 Å². The van der Waals surface area contributed by atoms with Crippen molar-refractivity contribution >= 4 is 44.5 Å². The minimum atomic E-state index is -0.969. The van der Waals surface area contributed by atoms with E-state index in [1.807, 2.05) is 18.2 Å². The van der Waals surface area contributed by atoms with Crippen LogP contribution in [0.1, 0.15) is 10.4 Å². The van der Waals surface area contributed by atoms with Crippen molar-refractivity contribution in [2.45, 2.75) is 0 Å². The fourth-order valence-electron chi connectivity index (χ4n) is 1.96. The minimum absolute atomic E-state index is 0.216. The standard InChI is InChI=1S/C14H8BrClN2O2/c15-9-3-1-2-8(12(9)16)13-17-10-5-4-7(14(19)20)6-11(10)18-13/h1-6H,(H,17,18)(H,19,20). The van der Waals surface area contributed by atoms with Gasteiger partial charge in [-0.3, -0.25) is 0 Å². The molecule has 100 valence electrons. The number of imidazole rings is 1. The molecule has 0 aliphatic rings. The number of fused-ring (bicyclic) bond motifs is 1. The van der Waals surface area contributed by atoms with E-state index >= 15 is 0 Å². The summed E-state index contributed by atoms with van der Waals surface area (Å²) in [7, 11) is 0. The van der Waals surface area contributed by atoms with Crippen molar-refractivity contribution in [3.05, 3.63) is 51.5 Å². The van der Waals surface area contributed by atoms with E-state index in [0.29, 0.717) is 21.9 Å². The molecule has 0 amide bonds. The summed E-state index contributed by atoms with van der Waals surface area (Å²) in [5, 5.41) is 9.55. The maximum Gasteiger partial charge on any atom is 0.335 e. The van der Waals surface area contributed by atoms with Crippen molar-refractivity contribution in [3.63, 3.8) is 0 Å². The Morgan fingerprint density at radius 3 is 2.85 bits per heavy atom. The zero-order chi connectivity index (χ0) is 14.3. The molecule has 3 aromatic rings. The second-order valence-electron chi connectivity index (χ2n) is 4.22. The van der Waals surface area contributed by atoms with Gasteiger partial charge >= 0.3 is 5.97 Å². The van der Waals surface area contributed by atoms with Gasteiger partial charge in [0, 0.05) is 10.0 Å². The predicted molar refractivity (Wildman–Crippen MR) is 81.2 cm³/mol. The number of halogens is 2. The number of carbonyl (C=O) groups is 1. The molecule has 6 heteroatoms. The van der Waals surface area contributed by atoms with Gasteiger partial charge in [-0.1, -0.05) is 17.7 Å². The highest BCUT2D eigenvalue weighted by Gasteiger charge is 2.12. The van der Waals surface area contributed by atoms with Crippen LogP contribution in [0, 0.1) is 0 Å². The van der Waals surface area contributed by atoms with Gasteiger partial charge in [0.15, 0.2) is 0 Å². The zero-order valence-corrected chi connectivity index (χ0v) is 12.4. The fourth-order valence-corrected chi connectivity index (χ4v) is 2.54. The smallest absolute Gasteiger partial charge is 0.335 e. The predicted octanol–water partition coefficient (Wildman–Crippen LogP) is 4.34. The van der Waals surface area contributed by atoms with E-state index in [9.17, 15) is 4.79 Å². The average Bonchev–Trinajstić information content (AvgIpc) is 2.84. The molecule has 0 radical (unpaired) electrons. The maximum absolute atomic E-state index is 11.0. The lowest BCUT2D eigenvalue weighted by Gasteiger charge is -2.01. The fraction of sp³-hybridized carbons (Fsp3) is 0. The van der Waals surface area contributed by atoms with Crippen molar-refractivity contribution in [2.75, 3.05) is 0 Å². The molecule has 0 saturated carbocycles. The molecule has 0 bridgehead atoms. The first-order valence-corrected chi connectivity index (χ1v) is 6.91. The lowest BCUT2D eigenvalue weighted by molar-refractivity contribution is 0.0697. The Bertz CT molecular complexity index is 829. The molecule has 0 saturated heterocycles. The number of nitrogens with one attached hydrogen (secondary N) is 1. The summed E-state index contributed by atoms with van der Waals surface area (Å²) < 4.78 is 0.781. The van der Waals surface area contributed by atoms with Gasteiger partial charge in [-0.15, -0.1) is 0 Å². The van der Waals surface area contributed by atoms with Gasteiger partial charge in [-0.05, 0) is 46.3 Å². The van der Waals surface area contributed by atoms with Gasteiger partial charge in [0.1, 0.15) is 5.82 Å². The van der Waals surface area contributed by atoms with Crippen LogP contribution in [0.3, 0.4) is 0 Å². The normalized spacial score (nSPS) is 10.9. The van der Waals surface area contributed by atoms with Gasteiger partial charge in [0.2, 0.25) is 0 Å². The highest BCUT2D eigenvalue weighted by molar-refractivity contribution is 9.10. The first-order chi connectivity index (χ1) is 9.56. The Morgan fingerprint density at radius 1 is 1.30 bits per heavy atom. The van der Waals surface area contributed by atoms with Crippen LogP contribution >= 0.6 is 27.5 Å². The summed E-state index contributed by atoms with van der Waals surface area (Å²) in [6, 6.07) is 10.3. The summed E-state index contributed by atoms with van der Waals surface area (Å²) in [6.07, 6.45) is 0. The molecule has 1 aromatic heterocycles. The number of benzene rings is 2. The third-order valence-corrected chi connectivity index (χ3v) is 4.23. The SMILES string of the molecule is O=C(O)c1ccc2nc(-c3cccc(Br)c3Cl)[nH]c2c1. The molecule has 3 rings (SSSR count). The summed E-state index contributed by atoms with van der Waals surface area (Å²) in [4.78, 5) is 18.5. The van der Waals surface area contributed by atoms with E-state index in [0.717, 1.165) is 10.0 Å². The lowest BCUT2D eigenvalue weighted by atomic mass is 10.2. The van der Waals surface area contributed by atoms with E-state index in [2.05, 4.69) is 25.9 Å². The molecule has 4 nitrogen and oxygen atoms in total. The number of aromatic carboxylic acids is 1. The first kappa shape index (κ1) is 13.1. The molecule has 2 N–H and O–H groups in total. The third kappa shape index (κ3) is 2.19. The van der Waals surface area contributed by atoms with Crippen molar-refractivity contribution in [3.8, 4) is 11.4 Å². The lowest BCUT2D eigenvalue weighted by Crippen LogP contribution is -1.94. The number of aromatic nitrogens is 2. The molecule has 2 aromatic carbocycles. The summed E-state index contributed by atoms with van der Waals surface area (Å²) >= 11 is 9.60. The maximum atomic E-state index is 11.0. The van der Waals surface area contributed by atoms with Crippen molar-refractivity contribution in [1.82, 2.24) is 9.97 Å². The first-order valence-electron chi connectivity index (χ1n) is 5.73. The van der Waals surface area contributed by atoms with Crippen molar-refractivity contribution in [1.29, 1.82) is 0 Å². The van der Waals surface area contributed by atoms with Gasteiger partial charge < -0.3 is 10.1 Å². The molecule has 20 heavy (non-hydrogen) atoms. The van der Waals surface area contributed by atoms with E-state index in [-0.39, 0.29) is 5.56 Å². The molecule has 0 aliphatic heterocycles. The van der Waals surface area contributed by atoms with Gasteiger partial charge in [0.05, 0.1) is 21.6 Å². The quantitative estimate of drug-likeness (QED) is 0.721. The van der Waals surface area contributed by atoms with E-state index < -0.39 is 5.97 Å².